The fraction of sp³-hybridized carbons (Fsp3) is 0.545. The molecular formula is C33H52FN3. The van der Waals surface area contributed by atoms with Crippen LogP contribution in [0.15, 0.2) is 84.1 Å². The van der Waals surface area contributed by atoms with Crippen LogP contribution in [-0.4, -0.2) is 56.2 Å². The predicted molar refractivity (Wildman–Crippen MR) is 161 cm³/mol. The van der Waals surface area contributed by atoms with Crippen LogP contribution in [0.2, 0.25) is 0 Å². The van der Waals surface area contributed by atoms with Gasteiger partial charge in [0.15, 0.2) is 0 Å². The minimum Gasteiger partial charge on any atom is -0.295 e. The molecule has 0 amide bonds. The van der Waals surface area contributed by atoms with Crippen LogP contribution in [0.1, 0.15) is 66.2 Å². The van der Waals surface area contributed by atoms with Gasteiger partial charge in [-0.25, -0.2) is 4.39 Å². The van der Waals surface area contributed by atoms with Crippen molar-refractivity contribution in [2.45, 2.75) is 66.2 Å². The Morgan fingerprint density at radius 3 is 2.54 bits per heavy atom. The van der Waals surface area contributed by atoms with Gasteiger partial charge in [-0.05, 0) is 75.9 Å². The molecule has 0 aromatic heterocycles. The van der Waals surface area contributed by atoms with Gasteiger partial charge in [0.1, 0.15) is 6.67 Å². The van der Waals surface area contributed by atoms with Crippen molar-refractivity contribution in [3.05, 3.63) is 84.1 Å². The van der Waals surface area contributed by atoms with Crippen molar-refractivity contribution in [2.24, 2.45) is 5.92 Å². The van der Waals surface area contributed by atoms with Crippen LogP contribution >= 0.6 is 0 Å². The summed E-state index contributed by atoms with van der Waals surface area (Å²) in [6.07, 6.45) is 22.9. The van der Waals surface area contributed by atoms with Crippen LogP contribution in [0.5, 0.6) is 0 Å². The summed E-state index contributed by atoms with van der Waals surface area (Å²) in [5.74, 6) is 0.853. The Labute approximate surface area is 228 Å². The van der Waals surface area contributed by atoms with Crippen LogP contribution in [0.25, 0.3) is 0 Å². The lowest BCUT2D eigenvalue weighted by atomic mass is 9.97. The first kappa shape index (κ1) is 34.5. The number of alkyl halides is 1. The molecule has 0 aliphatic carbocycles. The molecule has 0 bridgehead atoms. The Morgan fingerprint density at radius 1 is 1.22 bits per heavy atom. The molecule has 3 nitrogen and oxygen atoms in total. The van der Waals surface area contributed by atoms with Crippen LogP contribution < -0.4 is 0 Å². The van der Waals surface area contributed by atoms with Crippen molar-refractivity contribution in [3.8, 4) is 6.07 Å². The highest BCUT2D eigenvalue weighted by Gasteiger charge is 2.16. The van der Waals surface area contributed by atoms with E-state index in [2.05, 4.69) is 74.9 Å². The van der Waals surface area contributed by atoms with E-state index < -0.39 is 6.67 Å². The topological polar surface area (TPSA) is 30.3 Å². The van der Waals surface area contributed by atoms with Gasteiger partial charge in [0.2, 0.25) is 0 Å². The van der Waals surface area contributed by atoms with Gasteiger partial charge < -0.3 is 0 Å². The summed E-state index contributed by atoms with van der Waals surface area (Å²) < 4.78 is 12.4. The molecule has 1 saturated heterocycles. The summed E-state index contributed by atoms with van der Waals surface area (Å²) in [6.45, 7) is 20.2. The molecule has 37 heavy (non-hydrogen) atoms. The zero-order valence-corrected chi connectivity index (χ0v) is 24.3. The number of rotatable bonds is 14. The smallest absolute Gasteiger partial charge is 0.108 e. The van der Waals surface area contributed by atoms with Crippen LogP contribution in [0.4, 0.5) is 4.39 Å². The highest BCUT2D eigenvalue weighted by molar-refractivity contribution is 5.37. The Hall–Kier alpha value is -2.48. The van der Waals surface area contributed by atoms with E-state index in [4.69, 9.17) is 5.26 Å². The maximum absolute atomic E-state index is 12.4. The third kappa shape index (κ3) is 16.8. The standard InChI is InChI=1S/C22H30FN.C11H22N2/c1-5-10-20(11-8-15-23)17-24-16-9-12-22(21(7-3)18-24)14-13-19(4)6-2;1-4-6-11(5-2)7-9-13(3)10-8-12/h5-8,10-11,13-14H,1-2,9,12,15-18H2,3-4H3;11H,4-7,9-10H2,1-3H3/b11-8-,19-13+,20-10+,21-7-,22-14-;. The molecule has 4 heteroatoms. The summed E-state index contributed by atoms with van der Waals surface area (Å²) in [5, 5.41) is 8.47. The molecule has 1 aliphatic heterocycles. The predicted octanol–water partition coefficient (Wildman–Crippen LogP) is 8.38. The van der Waals surface area contributed by atoms with E-state index >= 15 is 0 Å². The lowest BCUT2D eigenvalue weighted by Gasteiger charge is -2.21. The monoisotopic (exact) mass is 509 g/mol. The average molecular weight is 510 g/mol. The first-order chi connectivity index (χ1) is 17.9. The van der Waals surface area contributed by atoms with Gasteiger partial charge in [-0.2, -0.15) is 5.26 Å². The maximum Gasteiger partial charge on any atom is 0.108 e. The minimum absolute atomic E-state index is 0.434. The van der Waals surface area contributed by atoms with E-state index in [-0.39, 0.29) is 0 Å². The van der Waals surface area contributed by atoms with Crippen molar-refractivity contribution < 1.29 is 4.39 Å². The Kier molecular flexibility index (Phi) is 21.2. The van der Waals surface area contributed by atoms with Crippen molar-refractivity contribution in [1.29, 1.82) is 5.26 Å². The third-order valence-corrected chi connectivity index (χ3v) is 6.64. The summed E-state index contributed by atoms with van der Waals surface area (Å²) in [5.41, 5.74) is 5.03. The van der Waals surface area contributed by atoms with E-state index in [1.165, 1.54) is 42.4 Å². The van der Waals surface area contributed by atoms with E-state index in [1.54, 1.807) is 12.2 Å². The van der Waals surface area contributed by atoms with Gasteiger partial charge in [-0.15, -0.1) is 0 Å². The highest BCUT2D eigenvalue weighted by Crippen LogP contribution is 2.23. The number of hydrogen-bond donors (Lipinski definition) is 0. The molecule has 0 N–H and O–H groups in total. The first-order valence-corrected chi connectivity index (χ1v) is 13.9. The summed E-state index contributed by atoms with van der Waals surface area (Å²) in [4.78, 5) is 4.51. The molecule has 1 aliphatic rings. The van der Waals surface area contributed by atoms with Crippen molar-refractivity contribution >= 4 is 0 Å². The van der Waals surface area contributed by atoms with E-state index in [0.717, 1.165) is 50.5 Å². The molecule has 0 aromatic carbocycles. The van der Waals surface area contributed by atoms with Gasteiger partial charge >= 0.3 is 0 Å². The largest absolute Gasteiger partial charge is 0.295 e. The lowest BCUT2D eigenvalue weighted by Crippen LogP contribution is -2.27. The SMILES string of the molecule is C=C/C=C(\C=C/CF)CN1CCCC(=C/C=C(\C)C=C)/C(=C\C)C1.CCCC(CC)CCN(C)CC#N. The van der Waals surface area contributed by atoms with Gasteiger partial charge in [0.25, 0.3) is 0 Å². The molecule has 0 aromatic rings. The molecule has 206 valence electrons. The molecule has 1 fully saturated rings. The first-order valence-electron chi connectivity index (χ1n) is 13.9. The lowest BCUT2D eigenvalue weighted by molar-refractivity contribution is 0.313. The van der Waals surface area contributed by atoms with E-state index in [0.29, 0.717) is 6.54 Å². The van der Waals surface area contributed by atoms with E-state index in [1.807, 2.05) is 25.3 Å². The number of nitrogens with zero attached hydrogens (tertiary/aromatic N) is 3. The summed E-state index contributed by atoms with van der Waals surface area (Å²) >= 11 is 0. The second kappa shape index (κ2) is 22.7. The number of halogens is 1. The molecule has 1 unspecified atom stereocenters. The number of allylic oxidation sites excluding steroid dienone is 8. The molecular weight excluding hydrogens is 457 g/mol. The van der Waals surface area contributed by atoms with Gasteiger partial charge in [0, 0.05) is 13.1 Å². The van der Waals surface area contributed by atoms with Crippen LogP contribution in [0.3, 0.4) is 0 Å². The highest BCUT2D eigenvalue weighted by atomic mass is 19.1. The molecule has 1 heterocycles. The Bertz CT molecular complexity index is 838. The number of hydrogen-bond acceptors (Lipinski definition) is 3. The Morgan fingerprint density at radius 2 is 1.97 bits per heavy atom. The quantitative estimate of drug-likeness (QED) is 0.174. The zero-order chi connectivity index (χ0) is 27.9. The normalized spacial score (nSPS) is 18.4. The Balaban J connectivity index is 0.000000845. The molecule has 0 spiro atoms. The second-order valence-electron chi connectivity index (χ2n) is 9.72. The molecule has 0 saturated carbocycles. The van der Waals surface area contributed by atoms with Gasteiger partial charge in [0.05, 0.1) is 12.6 Å². The fourth-order valence-corrected chi connectivity index (χ4v) is 4.31. The van der Waals surface area contributed by atoms with Crippen molar-refractivity contribution in [2.75, 3.05) is 46.4 Å². The molecule has 1 rings (SSSR count). The van der Waals surface area contributed by atoms with Gasteiger partial charge in [-0.3, -0.25) is 9.80 Å². The van der Waals surface area contributed by atoms with E-state index in [9.17, 15) is 4.39 Å². The van der Waals surface area contributed by atoms with Crippen molar-refractivity contribution in [3.63, 3.8) is 0 Å². The average Bonchev–Trinajstić information content (AvgIpc) is 3.10. The zero-order valence-electron chi connectivity index (χ0n) is 24.3. The van der Waals surface area contributed by atoms with Gasteiger partial charge in [-0.1, -0.05) is 100 Å². The molecule has 1 atom stereocenters. The maximum atomic E-state index is 12.4. The van der Waals surface area contributed by atoms with Crippen LogP contribution in [0, 0.1) is 17.2 Å². The summed E-state index contributed by atoms with van der Waals surface area (Å²) in [7, 11) is 2.02. The number of likely N-dealkylation sites (tertiary alicyclic amines) is 1. The minimum atomic E-state index is -0.434. The fourth-order valence-electron chi connectivity index (χ4n) is 4.31. The summed E-state index contributed by atoms with van der Waals surface area (Å²) in [6, 6.07) is 2.17. The second-order valence-corrected chi connectivity index (χ2v) is 9.72. The van der Waals surface area contributed by atoms with Crippen molar-refractivity contribution in [1.82, 2.24) is 9.80 Å². The van der Waals surface area contributed by atoms with Crippen LogP contribution in [-0.2, 0) is 0 Å². The number of nitriles is 1. The molecule has 0 radical (unpaired) electrons. The third-order valence-electron chi connectivity index (χ3n) is 6.64.